The molecule has 88 valence electrons. The van der Waals surface area contributed by atoms with Crippen molar-refractivity contribution in [1.82, 2.24) is 0 Å². The maximum absolute atomic E-state index is 11.3. The van der Waals surface area contributed by atoms with Gasteiger partial charge in [0.2, 0.25) is 0 Å². The van der Waals surface area contributed by atoms with Crippen LogP contribution >= 0.6 is 0 Å². The minimum atomic E-state index is 0.00186. The highest BCUT2D eigenvalue weighted by atomic mass is 16.5. The molecule has 0 aliphatic heterocycles. The van der Waals surface area contributed by atoms with Gasteiger partial charge in [-0.25, -0.2) is 0 Å². The van der Waals surface area contributed by atoms with E-state index < -0.39 is 0 Å². The van der Waals surface area contributed by atoms with Crippen molar-refractivity contribution in [1.29, 1.82) is 0 Å². The molecule has 0 atom stereocenters. The minimum absolute atomic E-state index is 0.00186. The molecule has 0 aromatic rings. The van der Waals surface area contributed by atoms with Crippen LogP contribution in [0.15, 0.2) is 0 Å². The van der Waals surface area contributed by atoms with Gasteiger partial charge < -0.3 is 4.74 Å². The molecular formula is C13H24O2. The Morgan fingerprint density at radius 2 is 1.87 bits per heavy atom. The van der Waals surface area contributed by atoms with Crippen LogP contribution in [0.3, 0.4) is 0 Å². The third-order valence-corrected chi connectivity index (χ3v) is 3.60. The van der Waals surface area contributed by atoms with Crippen LogP contribution < -0.4 is 0 Å². The lowest BCUT2D eigenvalue weighted by molar-refractivity contribution is -0.146. The summed E-state index contributed by atoms with van der Waals surface area (Å²) in [5.74, 6) is 1.07. The molecule has 2 nitrogen and oxygen atoms in total. The van der Waals surface area contributed by atoms with Gasteiger partial charge in [0.25, 0.3) is 0 Å². The molecule has 1 saturated carbocycles. The number of hydrogen-bond donors (Lipinski definition) is 0. The number of rotatable bonds is 5. The zero-order valence-electron chi connectivity index (χ0n) is 10.1. The van der Waals surface area contributed by atoms with E-state index in [4.69, 9.17) is 4.74 Å². The standard InChI is InChI=1S/C13H24O2/c1-3-4-5-6-11-7-9-12(10-8-11)13(14)15-2/h11-12H,3-10H2,1-2H3/t11-,12-. The molecule has 0 saturated heterocycles. The van der Waals surface area contributed by atoms with Crippen molar-refractivity contribution in [3.63, 3.8) is 0 Å². The van der Waals surface area contributed by atoms with E-state index in [1.807, 2.05) is 0 Å². The summed E-state index contributed by atoms with van der Waals surface area (Å²) in [7, 11) is 1.50. The molecule has 0 bridgehead atoms. The van der Waals surface area contributed by atoms with Gasteiger partial charge in [-0.2, -0.15) is 0 Å². The quantitative estimate of drug-likeness (QED) is 0.514. The summed E-state index contributed by atoms with van der Waals surface area (Å²) >= 11 is 0. The summed E-state index contributed by atoms with van der Waals surface area (Å²) < 4.78 is 4.78. The second-order valence-corrected chi connectivity index (χ2v) is 4.74. The average molecular weight is 212 g/mol. The first kappa shape index (κ1) is 12.5. The topological polar surface area (TPSA) is 26.3 Å². The maximum Gasteiger partial charge on any atom is 0.308 e. The van der Waals surface area contributed by atoms with Crippen LogP contribution in [-0.4, -0.2) is 13.1 Å². The number of methoxy groups -OCH3 is 1. The Bertz CT molecular complexity index is 181. The predicted octanol–water partition coefficient (Wildman–Crippen LogP) is 3.55. The number of ether oxygens (including phenoxy) is 1. The first-order valence-electron chi connectivity index (χ1n) is 6.35. The molecule has 2 heteroatoms. The summed E-state index contributed by atoms with van der Waals surface area (Å²) in [6.45, 7) is 2.24. The van der Waals surface area contributed by atoms with Gasteiger partial charge in [-0.3, -0.25) is 4.79 Å². The van der Waals surface area contributed by atoms with Crippen molar-refractivity contribution in [3.05, 3.63) is 0 Å². The first-order chi connectivity index (χ1) is 7.27. The SMILES string of the molecule is CCCCC[C@H]1CC[C@H](C(=O)OC)CC1. The summed E-state index contributed by atoms with van der Waals surface area (Å²) in [6, 6.07) is 0. The normalized spacial score (nSPS) is 26.3. The Labute approximate surface area is 93.4 Å². The molecule has 1 rings (SSSR count). The summed E-state index contributed by atoms with van der Waals surface area (Å²) in [4.78, 5) is 11.3. The van der Waals surface area contributed by atoms with E-state index in [1.54, 1.807) is 0 Å². The van der Waals surface area contributed by atoms with Crippen LogP contribution in [0.4, 0.5) is 0 Å². The fourth-order valence-corrected chi connectivity index (χ4v) is 2.54. The number of hydrogen-bond acceptors (Lipinski definition) is 2. The van der Waals surface area contributed by atoms with Crippen molar-refractivity contribution in [2.24, 2.45) is 11.8 Å². The van der Waals surface area contributed by atoms with E-state index in [9.17, 15) is 4.79 Å². The van der Waals surface area contributed by atoms with E-state index in [0.717, 1.165) is 18.8 Å². The predicted molar refractivity (Wildman–Crippen MR) is 61.6 cm³/mol. The van der Waals surface area contributed by atoms with E-state index in [1.165, 1.54) is 45.6 Å². The van der Waals surface area contributed by atoms with Crippen molar-refractivity contribution in [3.8, 4) is 0 Å². The maximum atomic E-state index is 11.3. The molecule has 0 aromatic carbocycles. The van der Waals surface area contributed by atoms with Crippen LogP contribution in [0.2, 0.25) is 0 Å². The van der Waals surface area contributed by atoms with Crippen LogP contribution in [0.5, 0.6) is 0 Å². The van der Waals surface area contributed by atoms with Crippen LogP contribution in [0.25, 0.3) is 0 Å². The summed E-state index contributed by atoms with van der Waals surface area (Å²) in [6.07, 6.45) is 9.93. The molecule has 1 aliphatic rings. The number of carbonyl (C=O) groups excluding carboxylic acids is 1. The van der Waals surface area contributed by atoms with Gasteiger partial charge in [0, 0.05) is 0 Å². The highest BCUT2D eigenvalue weighted by molar-refractivity contribution is 5.72. The number of esters is 1. The third-order valence-electron chi connectivity index (χ3n) is 3.60. The van der Waals surface area contributed by atoms with Gasteiger partial charge in [0.15, 0.2) is 0 Å². The molecule has 1 aliphatic carbocycles. The van der Waals surface area contributed by atoms with Gasteiger partial charge >= 0.3 is 5.97 Å². The van der Waals surface area contributed by atoms with Crippen LogP contribution in [-0.2, 0) is 9.53 Å². The second kappa shape index (κ2) is 6.86. The molecule has 0 radical (unpaired) electrons. The Hall–Kier alpha value is -0.530. The highest BCUT2D eigenvalue weighted by Crippen LogP contribution is 2.32. The van der Waals surface area contributed by atoms with Gasteiger partial charge in [0.1, 0.15) is 0 Å². The van der Waals surface area contributed by atoms with Gasteiger partial charge in [-0.05, 0) is 31.6 Å². The molecule has 0 unspecified atom stereocenters. The fourth-order valence-electron chi connectivity index (χ4n) is 2.54. The zero-order valence-corrected chi connectivity index (χ0v) is 10.1. The van der Waals surface area contributed by atoms with Crippen LogP contribution in [0.1, 0.15) is 58.3 Å². The third kappa shape index (κ3) is 4.23. The Kier molecular flexibility index (Phi) is 5.74. The zero-order chi connectivity index (χ0) is 11.1. The van der Waals surface area contributed by atoms with Crippen molar-refractivity contribution < 1.29 is 9.53 Å². The highest BCUT2D eigenvalue weighted by Gasteiger charge is 2.26. The first-order valence-corrected chi connectivity index (χ1v) is 6.35. The molecule has 0 N–H and O–H groups in total. The molecular weight excluding hydrogens is 188 g/mol. The summed E-state index contributed by atoms with van der Waals surface area (Å²) in [5.41, 5.74) is 0. The lowest BCUT2D eigenvalue weighted by atomic mass is 9.80. The monoisotopic (exact) mass is 212 g/mol. The van der Waals surface area contributed by atoms with Crippen molar-refractivity contribution in [2.75, 3.05) is 7.11 Å². The van der Waals surface area contributed by atoms with E-state index >= 15 is 0 Å². The van der Waals surface area contributed by atoms with Gasteiger partial charge in [-0.15, -0.1) is 0 Å². The lowest BCUT2D eigenvalue weighted by Gasteiger charge is -2.26. The lowest BCUT2D eigenvalue weighted by Crippen LogP contribution is -2.22. The number of carbonyl (C=O) groups is 1. The van der Waals surface area contributed by atoms with E-state index in [0.29, 0.717) is 0 Å². The minimum Gasteiger partial charge on any atom is -0.469 e. The Morgan fingerprint density at radius 3 is 2.40 bits per heavy atom. The van der Waals surface area contributed by atoms with Gasteiger partial charge in [-0.1, -0.05) is 32.6 Å². The number of unbranched alkanes of at least 4 members (excludes halogenated alkanes) is 2. The van der Waals surface area contributed by atoms with Crippen LogP contribution in [0, 0.1) is 11.8 Å². The molecule has 15 heavy (non-hydrogen) atoms. The molecule has 0 amide bonds. The average Bonchev–Trinajstić information content (AvgIpc) is 2.29. The van der Waals surface area contributed by atoms with E-state index in [2.05, 4.69) is 6.92 Å². The van der Waals surface area contributed by atoms with Gasteiger partial charge in [0.05, 0.1) is 13.0 Å². The van der Waals surface area contributed by atoms with Crippen molar-refractivity contribution in [2.45, 2.75) is 58.3 Å². The van der Waals surface area contributed by atoms with E-state index in [-0.39, 0.29) is 11.9 Å². The fraction of sp³-hybridized carbons (Fsp3) is 0.923. The molecule has 0 heterocycles. The molecule has 0 aromatic heterocycles. The Morgan fingerprint density at radius 1 is 1.20 bits per heavy atom. The second-order valence-electron chi connectivity index (χ2n) is 4.74. The summed E-state index contributed by atoms with van der Waals surface area (Å²) in [5, 5.41) is 0. The van der Waals surface area contributed by atoms with Crippen molar-refractivity contribution >= 4 is 5.97 Å². The molecule has 0 spiro atoms. The molecule has 1 fully saturated rings. The largest absolute Gasteiger partial charge is 0.469 e. The Balaban J connectivity index is 2.15. The smallest absolute Gasteiger partial charge is 0.308 e.